The monoisotopic (exact) mass is 208 g/mol. The number of rotatable bonds is 4. The van der Waals surface area contributed by atoms with Crippen molar-refractivity contribution in [3.63, 3.8) is 0 Å². The van der Waals surface area contributed by atoms with Crippen LogP contribution in [0, 0.1) is 0 Å². The van der Waals surface area contributed by atoms with Gasteiger partial charge in [-0.15, -0.1) is 0 Å². The minimum Gasteiger partial charge on any atom is -0.463 e. The summed E-state index contributed by atoms with van der Waals surface area (Å²) in [6, 6.07) is 0.328. The number of carbonyl (C=O) groups excluding carboxylic acids is 1. The Kier molecular flexibility index (Phi) is 4.09. The van der Waals surface area contributed by atoms with Crippen molar-refractivity contribution in [2.75, 3.05) is 6.61 Å². The van der Waals surface area contributed by atoms with E-state index >= 15 is 0 Å². The largest absolute Gasteiger partial charge is 0.463 e. The van der Waals surface area contributed by atoms with Gasteiger partial charge in [0.2, 0.25) is 0 Å². The molecule has 0 spiro atoms. The predicted molar refractivity (Wildman–Crippen MR) is 58.3 cm³/mol. The second kappa shape index (κ2) is 5.34. The maximum Gasteiger partial charge on any atom is 0.330 e. The Morgan fingerprint density at radius 1 is 1.67 bits per heavy atom. The third kappa shape index (κ3) is 3.58. The molecule has 0 aromatic carbocycles. The summed E-state index contributed by atoms with van der Waals surface area (Å²) in [6.07, 6.45) is 6.71. The van der Waals surface area contributed by atoms with E-state index in [2.05, 4.69) is 5.10 Å². The Labute approximate surface area is 89.5 Å². The van der Waals surface area contributed by atoms with Gasteiger partial charge < -0.3 is 4.74 Å². The summed E-state index contributed by atoms with van der Waals surface area (Å²) < 4.78 is 6.60. The molecule has 0 saturated heterocycles. The standard InChI is InChI=1S/C11H16N2O2/c1-4-15-11(14)6-5-10-7-12-13(8-10)9(2)3/h5-9H,4H2,1-3H3. The normalized spacial score (nSPS) is 11.2. The molecule has 1 heterocycles. The van der Waals surface area contributed by atoms with Gasteiger partial charge in [0.1, 0.15) is 0 Å². The molecule has 0 amide bonds. The van der Waals surface area contributed by atoms with Crippen molar-refractivity contribution in [1.29, 1.82) is 0 Å². The molecule has 4 heteroatoms. The van der Waals surface area contributed by atoms with Gasteiger partial charge in [-0.2, -0.15) is 5.10 Å². The van der Waals surface area contributed by atoms with Crippen LogP contribution in [0.1, 0.15) is 32.4 Å². The summed E-state index contributed by atoms with van der Waals surface area (Å²) >= 11 is 0. The summed E-state index contributed by atoms with van der Waals surface area (Å²) in [7, 11) is 0. The fourth-order valence-electron chi connectivity index (χ4n) is 1.08. The zero-order chi connectivity index (χ0) is 11.3. The van der Waals surface area contributed by atoms with E-state index in [1.807, 2.05) is 24.7 Å². The molecule has 1 aromatic heterocycles. The highest BCUT2D eigenvalue weighted by atomic mass is 16.5. The molecule has 4 nitrogen and oxygen atoms in total. The molecule has 0 bridgehead atoms. The highest BCUT2D eigenvalue weighted by Crippen LogP contribution is 2.06. The molecule has 1 rings (SSSR count). The van der Waals surface area contributed by atoms with Gasteiger partial charge in [-0.1, -0.05) is 0 Å². The van der Waals surface area contributed by atoms with E-state index in [-0.39, 0.29) is 5.97 Å². The Morgan fingerprint density at radius 3 is 2.93 bits per heavy atom. The van der Waals surface area contributed by atoms with Crippen LogP contribution in [0.15, 0.2) is 18.5 Å². The third-order valence-electron chi connectivity index (χ3n) is 1.85. The van der Waals surface area contributed by atoms with Crippen LogP contribution in [0.3, 0.4) is 0 Å². The number of hydrogen-bond acceptors (Lipinski definition) is 3. The van der Waals surface area contributed by atoms with Gasteiger partial charge in [0, 0.05) is 23.9 Å². The number of aromatic nitrogens is 2. The Hall–Kier alpha value is -1.58. The van der Waals surface area contributed by atoms with Crippen molar-refractivity contribution in [2.24, 2.45) is 0 Å². The highest BCUT2D eigenvalue weighted by Gasteiger charge is 1.99. The number of hydrogen-bond donors (Lipinski definition) is 0. The minimum absolute atomic E-state index is 0.324. The Morgan fingerprint density at radius 2 is 2.40 bits per heavy atom. The van der Waals surface area contributed by atoms with E-state index < -0.39 is 0 Å². The highest BCUT2D eigenvalue weighted by molar-refractivity contribution is 5.86. The van der Waals surface area contributed by atoms with Crippen LogP contribution < -0.4 is 0 Å². The maximum absolute atomic E-state index is 11.0. The van der Waals surface area contributed by atoms with Crippen LogP contribution in [-0.4, -0.2) is 22.4 Å². The molecular formula is C11H16N2O2. The van der Waals surface area contributed by atoms with Gasteiger partial charge in [-0.3, -0.25) is 4.68 Å². The van der Waals surface area contributed by atoms with Crippen molar-refractivity contribution in [3.05, 3.63) is 24.0 Å². The molecule has 0 saturated carbocycles. The van der Waals surface area contributed by atoms with Crippen molar-refractivity contribution >= 4 is 12.0 Å². The number of esters is 1. The van der Waals surface area contributed by atoms with E-state index in [9.17, 15) is 4.79 Å². The van der Waals surface area contributed by atoms with Crippen molar-refractivity contribution in [2.45, 2.75) is 26.8 Å². The second-order valence-electron chi connectivity index (χ2n) is 3.43. The molecule has 0 aliphatic carbocycles. The van der Waals surface area contributed by atoms with E-state index in [4.69, 9.17) is 4.74 Å². The Bertz CT molecular complexity index is 353. The number of carbonyl (C=O) groups is 1. The van der Waals surface area contributed by atoms with E-state index in [1.54, 1.807) is 19.2 Å². The van der Waals surface area contributed by atoms with E-state index in [0.717, 1.165) is 5.56 Å². The van der Waals surface area contributed by atoms with Crippen molar-refractivity contribution in [1.82, 2.24) is 9.78 Å². The van der Waals surface area contributed by atoms with Gasteiger partial charge in [-0.05, 0) is 26.8 Å². The van der Waals surface area contributed by atoms with Gasteiger partial charge in [0.05, 0.1) is 12.8 Å². The predicted octanol–water partition coefficient (Wildman–Crippen LogP) is 2.04. The van der Waals surface area contributed by atoms with Crippen LogP contribution in [0.4, 0.5) is 0 Å². The zero-order valence-corrected chi connectivity index (χ0v) is 9.30. The first kappa shape index (κ1) is 11.5. The van der Waals surface area contributed by atoms with Crippen LogP contribution >= 0.6 is 0 Å². The molecule has 0 atom stereocenters. The lowest BCUT2D eigenvalue weighted by molar-refractivity contribution is -0.137. The van der Waals surface area contributed by atoms with Gasteiger partial charge in [0.25, 0.3) is 0 Å². The van der Waals surface area contributed by atoms with Gasteiger partial charge in [-0.25, -0.2) is 4.79 Å². The summed E-state index contributed by atoms with van der Waals surface area (Å²) in [4.78, 5) is 11.0. The first-order valence-electron chi connectivity index (χ1n) is 5.02. The Balaban J connectivity index is 2.60. The molecule has 0 N–H and O–H groups in total. The molecule has 0 radical (unpaired) electrons. The molecule has 15 heavy (non-hydrogen) atoms. The molecule has 0 aliphatic rings. The topological polar surface area (TPSA) is 44.1 Å². The smallest absolute Gasteiger partial charge is 0.330 e. The van der Waals surface area contributed by atoms with Crippen LogP contribution in [0.2, 0.25) is 0 Å². The van der Waals surface area contributed by atoms with Gasteiger partial charge >= 0.3 is 5.97 Å². The van der Waals surface area contributed by atoms with E-state index in [0.29, 0.717) is 12.6 Å². The maximum atomic E-state index is 11.0. The van der Waals surface area contributed by atoms with Crippen molar-refractivity contribution in [3.8, 4) is 0 Å². The summed E-state index contributed by atoms with van der Waals surface area (Å²) in [5, 5.41) is 4.15. The SMILES string of the molecule is CCOC(=O)C=Cc1cnn(C(C)C)c1. The molecule has 0 fully saturated rings. The number of nitrogens with zero attached hydrogens (tertiary/aromatic N) is 2. The first-order chi connectivity index (χ1) is 7.13. The lowest BCUT2D eigenvalue weighted by atomic mass is 10.3. The summed E-state index contributed by atoms with van der Waals surface area (Å²) in [5.74, 6) is -0.324. The summed E-state index contributed by atoms with van der Waals surface area (Å²) in [6.45, 7) is 6.27. The third-order valence-corrected chi connectivity index (χ3v) is 1.85. The number of ether oxygens (including phenoxy) is 1. The minimum atomic E-state index is -0.324. The average Bonchev–Trinajstić information content (AvgIpc) is 2.63. The van der Waals surface area contributed by atoms with Crippen LogP contribution in [0.25, 0.3) is 6.08 Å². The lowest BCUT2D eigenvalue weighted by Gasteiger charge is -2.02. The molecule has 0 aliphatic heterocycles. The first-order valence-corrected chi connectivity index (χ1v) is 5.02. The molecular weight excluding hydrogens is 192 g/mol. The fourth-order valence-corrected chi connectivity index (χ4v) is 1.08. The second-order valence-corrected chi connectivity index (χ2v) is 3.43. The molecule has 1 aromatic rings. The average molecular weight is 208 g/mol. The lowest BCUT2D eigenvalue weighted by Crippen LogP contribution is -1.99. The molecule has 0 unspecified atom stereocenters. The molecule has 82 valence electrons. The van der Waals surface area contributed by atoms with Crippen LogP contribution in [0.5, 0.6) is 0 Å². The quantitative estimate of drug-likeness (QED) is 0.561. The van der Waals surface area contributed by atoms with E-state index in [1.165, 1.54) is 6.08 Å². The van der Waals surface area contributed by atoms with Crippen LogP contribution in [-0.2, 0) is 9.53 Å². The van der Waals surface area contributed by atoms with Gasteiger partial charge in [0.15, 0.2) is 0 Å². The fraction of sp³-hybridized carbons (Fsp3) is 0.455. The summed E-state index contributed by atoms with van der Waals surface area (Å²) in [5.41, 5.74) is 0.900. The van der Waals surface area contributed by atoms with Crippen molar-refractivity contribution < 1.29 is 9.53 Å². The zero-order valence-electron chi connectivity index (χ0n) is 9.30.